The Morgan fingerprint density at radius 1 is 1.19 bits per heavy atom. The molecule has 2 aliphatic heterocycles. The summed E-state index contributed by atoms with van der Waals surface area (Å²) in [5.41, 5.74) is 0. The molecule has 2 atom stereocenters. The Bertz CT molecular complexity index is 434. The van der Waals surface area contributed by atoms with Crippen molar-refractivity contribution in [3.63, 3.8) is 0 Å². The average Bonchev–Trinajstić information content (AvgIpc) is 2.88. The summed E-state index contributed by atoms with van der Waals surface area (Å²) >= 11 is 0. The molecule has 0 aromatic carbocycles. The Balaban J connectivity index is 1.95. The molecule has 2 rings (SSSR count). The van der Waals surface area contributed by atoms with E-state index in [-0.39, 0.29) is 30.8 Å². The van der Waals surface area contributed by atoms with Gasteiger partial charge in [-0.25, -0.2) is 9.59 Å². The fourth-order valence-electron chi connectivity index (χ4n) is 2.98. The average molecular weight is 299 g/mol. The first-order valence-corrected chi connectivity index (χ1v) is 7.12. The third-order valence-electron chi connectivity index (χ3n) is 4.19. The van der Waals surface area contributed by atoms with Gasteiger partial charge in [-0.05, 0) is 12.8 Å². The van der Waals surface area contributed by atoms with E-state index in [0.29, 0.717) is 25.9 Å². The fourth-order valence-corrected chi connectivity index (χ4v) is 2.98. The molecule has 0 saturated carbocycles. The van der Waals surface area contributed by atoms with Crippen LogP contribution in [0.2, 0.25) is 0 Å². The second-order valence-corrected chi connectivity index (χ2v) is 5.55. The fraction of sp³-hybridized carbons (Fsp3) is 0.769. The predicted octanol–water partition coefficient (Wildman–Crippen LogP) is -0.916. The molecule has 0 bridgehead atoms. The number of β-amino-alcohol motifs (C(OH)–C–C–N with tert-alkyl or cyclic N) is 1. The second-order valence-electron chi connectivity index (χ2n) is 5.55. The standard InChI is InChI=1S/C13H21N3O5/c1-14-11(18)8-2-4-15(5-3-8)13(21)16-7-9(17)6-10(16)12(19)20/h8-10,17H,2-7H2,1H3,(H,14,18)(H,19,20)/t9-,10-/m0/s1. The van der Waals surface area contributed by atoms with E-state index in [0.717, 1.165) is 0 Å². The molecule has 0 aromatic heterocycles. The van der Waals surface area contributed by atoms with Crippen LogP contribution < -0.4 is 5.32 Å². The number of rotatable bonds is 2. The van der Waals surface area contributed by atoms with Crippen molar-refractivity contribution in [2.24, 2.45) is 5.92 Å². The minimum atomic E-state index is -1.10. The van der Waals surface area contributed by atoms with Gasteiger partial charge in [0.05, 0.1) is 6.10 Å². The van der Waals surface area contributed by atoms with Gasteiger partial charge in [-0.15, -0.1) is 0 Å². The van der Waals surface area contributed by atoms with Crippen molar-refractivity contribution < 1.29 is 24.6 Å². The molecule has 3 amide bonds. The van der Waals surface area contributed by atoms with Crippen LogP contribution in [0.1, 0.15) is 19.3 Å². The van der Waals surface area contributed by atoms with Gasteiger partial charge < -0.3 is 25.3 Å². The zero-order valence-electron chi connectivity index (χ0n) is 12.0. The molecule has 21 heavy (non-hydrogen) atoms. The van der Waals surface area contributed by atoms with Gasteiger partial charge in [-0.3, -0.25) is 4.79 Å². The molecular weight excluding hydrogens is 278 g/mol. The minimum Gasteiger partial charge on any atom is -0.480 e. The van der Waals surface area contributed by atoms with Crippen LogP contribution in [-0.4, -0.2) is 76.7 Å². The van der Waals surface area contributed by atoms with E-state index in [1.54, 1.807) is 11.9 Å². The maximum atomic E-state index is 12.4. The maximum Gasteiger partial charge on any atom is 0.326 e. The van der Waals surface area contributed by atoms with Gasteiger partial charge in [0.2, 0.25) is 5.91 Å². The lowest BCUT2D eigenvalue weighted by Crippen LogP contribution is -2.51. The van der Waals surface area contributed by atoms with Crippen molar-refractivity contribution >= 4 is 17.9 Å². The Morgan fingerprint density at radius 2 is 1.81 bits per heavy atom. The number of carboxylic acid groups (broad SMARTS) is 1. The number of nitrogens with zero attached hydrogens (tertiary/aromatic N) is 2. The first-order valence-electron chi connectivity index (χ1n) is 7.12. The first-order chi connectivity index (χ1) is 9.93. The van der Waals surface area contributed by atoms with E-state index < -0.39 is 18.1 Å². The highest BCUT2D eigenvalue weighted by atomic mass is 16.4. The van der Waals surface area contributed by atoms with Gasteiger partial charge in [0, 0.05) is 39.0 Å². The third kappa shape index (κ3) is 3.26. The predicted molar refractivity (Wildman–Crippen MR) is 72.5 cm³/mol. The van der Waals surface area contributed by atoms with E-state index in [1.807, 2.05) is 0 Å². The van der Waals surface area contributed by atoms with Crippen LogP contribution >= 0.6 is 0 Å². The number of likely N-dealkylation sites (tertiary alicyclic amines) is 2. The summed E-state index contributed by atoms with van der Waals surface area (Å²) in [5, 5.41) is 21.3. The molecule has 2 saturated heterocycles. The number of carbonyl (C=O) groups excluding carboxylic acids is 2. The van der Waals surface area contributed by atoms with Crippen molar-refractivity contribution in [1.82, 2.24) is 15.1 Å². The van der Waals surface area contributed by atoms with E-state index >= 15 is 0 Å². The topological polar surface area (TPSA) is 110 Å². The molecule has 2 fully saturated rings. The number of nitrogens with one attached hydrogen (secondary N) is 1. The number of piperidine rings is 1. The number of carbonyl (C=O) groups is 3. The van der Waals surface area contributed by atoms with Crippen LogP contribution in [0.25, 0.3) is 0 Å². The quantitative estimate of drug-likeness (QED) is 0.611. The van der Waals surface area contributed by atoms with Crippen molar-refractivity contribution in [2.45, 2.75) is 31.4 Å². The summed E-state index contributed by atoms with van der Waals surface area (Å²) in [4.78, 5) is 37.9. The third-order valence-corrected chi connectivity index (χ3v) is 4.19. The van der Waals surface area contributed by atoms with E-state index in [1.165, 1.54) is 4.90 Å². The monoisotopic (exact) mass is 299 g/mol. The van der Waals surface area contributed by atoms with Gasteiger partial charge >= 0.3 is 12.0 Å². The largest absolute Gasteiger partial charge is 0.480 e. The number of hydrogen-bond donors (Lipinski definition) is 3. The number of aliphatic hydroxyl groups is 1. The Morgan fingerprint density at radius 3 is 2.33 bits per heavy atom. The van der Waals surface area contributed by atoms with Crippen LogP contribution in [-0.2, 0) is 9.59 Å². The van der Waals surface area contributed by atoms with Crippen LogP contribution in [0.5, 0.6) is 0 Å². The van der Waals surface area contributed by atoms with Crippen LogP contribution in [0.4, 0.5) is 4.79 Å². The molecule has 3 N–H and O–H groups in total. The zero-order valence-corrected chi connectivity index (χ0v) is 12.0. The highest BCUT2D eigenvalue weighted by Gasteiger charge is 2.41. The number of carboxylic acids is 1. The molecule has 8 nitrogen and oxygen atoms in total. The summed E-state index contributed by atoms with van der Waals surface area (Å²) in [7, 11) is 1.59. The summed E-state index contributed by atoms with van der Waals surface area (Å²) in [6.45, 7) is 0.900. The van der Waals surface area contributed by atoms with Crippen molar-refractivity contribution in [2.75, 3.05) is 26.7 Å². The van der Waals surface area contributed by atoms with Crippen LogP contribution in [0, 0.1) is 5.92 Å². The van der Waals surface area contributed by atoms with Gasteiger partial charge in [-0.2, -0.15) is 0 Å². The van der Waals surface area contributed by atoms with Gasteiger partial charge in [-0.1, -0.05) is 0 Å². The highest BCUT2D eigenvalue weighted by molar-refractivity contribution is 5.84. The number of aliphatic carboxylic acids is 1. The molecule has 2 heterocycles. The minimum absolute atomic E-state index is 0.0258. The number of aliphatic hydroxyl groups excluding tert-OH is 1. The van der Waals surface area contributed by atoms with Crippen molar-refractivity contribution in [3.8, 4) is 0 Å². The lowest BCUT2D eigenvalue weighted by Gasteiger charge is -2.35. The van der Waals surface area contributed by atoms with Crippen molar-refractivity contribution in [1.29, 1.82) is 0 Å². The SMILES string of the molecule is CNC(=O)C1CCN(C(=O)N2C[C@@H](O)C[C@H]2C(=O)O)CC1. The molecule has 0 radical (unpaired) electrons. The second kappa shape index (κ2) is 6.30. The van der Waals surface area contributed by atoms with E-state index in [9.17, 15) is 19.5 Å². The smallest absolute Gasteiger partial charge is 0.326 e. The van der Waals surface area contributed by atoms with E-state index in [2.05, 4.69) is 5.32 Å². The lowest BCUT2D eigenvalue weighted by atomic mass is 9.96. The van der Waals surface area contributed by atoms with Crippen LogP contribution in [0.15, 0.2) is 0 Å². The lowest BCUT2D eigenvalue weighted by molar-refractivity contribution is -0.141. The normalized spacial score (nSPS) is 26.8. The van der Waals surface area contributed by atoms with Gasteiger partial charge in [0.1, 0.15) is 6.04 Å². The summed E-state index contributed by atoms with van der Waals surface area (Å²) in [5.74, 6) is -1.22. The van der Waals surface area contributed by atoms with Gasteiger partial charge in [0.15, 0.2) is 0 Å². The molecular formula is C13H21N3O5. The number of hydrogen-bond acceptors (Lipinski definition) is 4. The molecule has 0 spiro atoms. The Labute approximate surface area is 122 Å². The highest BCUT2D eigenvalue weighted by Crippen LogP contribution is 2.23. The molecule has 2 aliphatic rings. The molecule has 0 aromatic rings. The molecule has 118 valence electrons. The molecule has 0 aliphatic carbocycles. The number of amides is 3. The first kappa shape index (κ1) is 15.6. The van der Waals surface area contributed by atoms with E-state index in [4.69, 9.17) is 5.11 Å². The molecule has 0 unspecified atom stereocenters. The summed E-state index contributed by atoms with van der Waals surface area (Å²) < 4.78 is 0. The van der Waals surface area contributed by atoms with Crippen molar-refractivity contribution in [3.05, 3.63) is 0 Å². The zero-order chi connectivity index (χ0) is 15.6. The Hall–Kier alpha value is -1.83. The summed E-state index contributed by atoms with van der Waals surface area (Å²) in [6.07, 6.45) is 0.410. The molecule has 8 heteroatoms. The maximum absolute atomic E-state index is 12.4. The Kier molecular flexibility index (Phi) is 4.66. The van der Waals surface area contributed by atoms with Crippen LogP contribution in [0.3, 0.4) is 0 Å². The number of urea groups is 1. The van der Waals surface area contributed by atoms with Gasteiger partial charge in [0.25, 0.3) is 0 Å². The summed E-state index contributed by atoms with van der Waals surface area (Å²) in [6, 6.07) is -1.33.